The van der Waals surface area contributed by atoms with Gasteiger partial charge in [-0.1, -0.05) is 0 Å². The molecule has 0 spiro atoms. The van der Waals surface area contributed by atoms with E-state index in [2.05, 4.69) is 5.32 Å². The largest absolute Gasteiger partial charge is 0.355 e. The summed E-state index contributed by atoms with van der Waals surface area (Å²) in [5.74, 6) is 0.142. The van der Waals surface area contributed by atoms with E-state index in [4.69, 9.17) is 5.73 Å². The Kier molecular flexibility index (Phi) is 4.40. The molecule has 4 heteroatoms. The van der Waals surface area contributed by atoms with Crippen LogP contribution in [0, 0.1) is 0 Å². The first-order valence-electron chi connectivity index (χ1n) is 3.31. The van der Waals surface area contributed by atoms with Gasteiger partial charge < -0.3 is 11.1 Å². The van der Waals surface area contributed by atoms with Crippen LogP contribution in [0.4, 0.5) is 0 Å². The van der Waals surface area contributed by atoms with Gasteiger partial charge in [0.2, 0.25) is 5.91 Å². The minimum atomic E-state index is 0. The van der Waals surface area contributed by atoms with E-state index in [1.165, 1.54) is 0 Å². The third-order valence-corrected chi connectivity index (χ3v) is 1.54. The van der Waals surface area contributed by atoms with Gasteiger partial charge in [-0.3, -0.25) is 4.79 Å². The van der Waals surface area contributed by atoms with Gasteiger partial charge in [-0.15, -0.1) is 12.4 Å². The highest BCUT2D eigenvalue weighted by atomic mass is 35.5. The number of rotatable bonds is 0. The Balaban J connectivity index is 0.000000810. The Morgan fingerprint density at radius 1 is 1.60 bits per heavy atom. The molecule has 1 heterocycles. The van der Waals surface area contributed by atoms with Gasteiger partial charge in [0.05, 0.1) is 0 Å². The summed E-state index contributed by atoms with van der Waals surface area (Å²) in [4.78, 5) is 10.7. The average Bonchev–Trinajstić information content (AvgIpc) is 1.97. The molecule has 1 amide bonds. The minimum absolute atomic E-state index is 0. The van der Waals surface area contributed by atoms with Crippen molar-refractivity contribution in [2.75, 3.05) is 6.54 Å². The highest BCUT2D eigenvalue weighted by Gasteiger charge is 2.10. The van der Waals surface area contributed by atoms with Gasteiger partial charge in [0.15, 0.2) is 0 Å². The Labute approximate surface area is 66.8 Å². The van der Waals surface area contributed by atoms with Crippen LogP contribution in [0.15, 0.2) is 0 Å². The summed E-state index contributed by atoms with van der Waals surface area (Å²) < 4.78 is 0. The molecule has 3 N–H and O–H groups in total. The summed E-state index contributed by atoms with van der Waals surface area (Å²) >= 11 is 0. The van der Waals surface area contributed by atoms with Crippen molar-refractivity contribution in [3.05, 3.63) is 0 Å². The van der Waals surface area contributed by atoms with Crippen molar-refractivity contribution in [1.82, 2.24) is 5.32 Å². The summed E-state index contributed by atoms with van der Waals surface area (Å²) in [6.45, 7) is 0.652. The Bertz CT molecular complexity index is 118. The Hall–Kier alpha value is -0.280. The number of hydrogen-bond donors (Lipinski definition) is 2. The van der Waals surface area contributed by atoms with Crippen molar-refractivity contribution in [3.63, 3.8) is 0 Å². The summed E-state index contributed by atoms with van der Waals surface area (Å²) in [7, 11) is 0. The topological polar surface area (TPSA) is 55.1 Å². The summed E-state index contributed by atoms with van der Waals surface area (Å²) in [5.41, 5.74) is 5.58. The Morgan fingerprint density at radius 3 is 3.00 bits per heavy atom. The van der Waals surface area contributed by atoms with Gasteiger partial charge in [-0.2, -0.15) is 0 Å². The first-order chi connectivity index (χ1) is 4.29. The number of halogens is 1. The first-order valence-corrected chi connectivity index (χ1v) is 3.31. The second-order valence-corrected chi connectivity index (χ2v) is 2.46. The van der Waals surface area contributed by atoms with Gasteiger partial charge in [0, 0.05) is 19.0 Å². The third kappa shape index (κ3) is 3.03. The zero-order valence-electron chi connectivity index (χ0n) is 5.80. The van der Waals surface area contributed by atoms with Crippen LogP contribution in [0.5, 0.6) is 0 Å². The number of carbonyl (C=O) groups excluding carboxylic acids is 1. The smallest absolute Gasteiger partial charge is 0.220 e. The highest BCUT2D eigenvalue weighted by molar-refractivity contribution is 5.85. The van der Waals surface area contributed by atoms with E-state index in [0.29, 0.717) is 13.0 Å². The van der Waals surface area contributed by atoms with E-state index in [1.54, 1.807) is 0 Å². The lowest BCUT2D eigenvalue weighted by molar-refractivity contribution is -0.120. The molecule has 0 bridgehead atoms. The molecule has 1 fully saturated rings. The van der Waals surface area contributed by atoms with Crippen LogP contribution >= 0.6 is 12.4 Å². The van der Waals surface area contributed by atoms with Crippen LogP contribution in [-0.2, 0) is 4.79 Å². The average molecular weight is 165 g/mol. The van der Waals surface area contributed by atoms with Gasteiger partial charge in [-0.25, -0.2) is 0 Å². The molecule has 0 aromatic rings. The van der Waals surface area contributed by atoms with Gasteiger partial charge in [0.25, 0.3) is 0 Å². The van der Waals surface area contributed by atoms with Gasteiger partial charge >= 0.3 is 0 Å². The molecule has 3 nitrogen and oxygen atoms in total. The van der Waals surface area contributed by atoms with Crippen LogP contribution in [0.2, 0.25) is 0 Å². The summed E-state index contributed by atoms with van der Waals surface area (Å²) in [6.07, 6.45) is 2.55. The lowest BCUT2D eigenvalue weighted by Crippen LogP contribution is -2.33. The normalized spacial score (nSPS) is 26.1. The molecule has 0 aliphatic carbocycles. The fraction of sp³-hybridized carbons (Fsp3) is 0.833. The second-order valence-electron chi connectivity index (χ2n) is 2.46. The lowest BCUT2D eigenvalue weighted by Gasteiger charge is -2.04. The van der Waals surface area contributed by atoms with Crippen molar-refractivity contribution >= 4 is 18.3 Å². The number of hydrogen-bond acceptors (Lipinski definition) is 2. The molecule has 10 heavy (non-hydrogen) atoms. The highest BCUT2D eigenvalue weighted by Crippen LogP contribution is 2.01. The summed E-state index contributed by atoms with van der Waals surface area (Å²) in [5, 5.41) is 2.73. The SMILES string of the molecule is Cl.NC1CCCC(=O)NC1. The van der Waals surface area contributed by atoms with E-state index < -0.39 is 0 Å². The van der Waals surface area contributed by atoms with Crippen molar-refractivity contribution in [3.8, 4) is 0 Å². The lowest BCUT2D eigenvalue weighted by atomic mass is 10.2. The maximum atomic E-state index is 10.7. The monoisotopic (exact) mass is 164 g/mol. The molecule has 1 unspecified atom stereocenters. The number of nitrogens with one attached hydrogen (secondary N) is 1. The minimum Gasteiger partial charge on any atom is -0.355 e. The molecule has 60 valence electrons. The van der Waals surface area contributed by atoms with E-state index in [1.807, 2.05) is 0 Å². The standard InChI is InChI=1S/C6H12N2O.ClH/c7-5-2-1-3-6(9)8-4-5;/h5H,1-4,7H2,(H,8,9);1H. The van der Waals surface area contributed by atoms with Crippen molar-refractivity contribution in [2.24, 2.45) is 5.73 Å². The van der Waals surface area contributed by atoms with E-state index in [9.17, 15) is 4.79 Å². The zero-order chi connectivity index (χ0) is 6.69. The predicted molar refractivity (Wildman–Crippen MR) is 42.1 cm³/mol. The van der Waals surface area contributed by atoms with Gasteiger partial charge in [0.1, 0.15) is 0 Å². The molecule has 0 aromatic heterocycles. The van der Waals surface area contributed by atoms with E-state index in [-0.39, 0.29) is 24.4 Å². The molecule has 1 saturated heterocycles. The maximum Gasteiger partial charge on any atom is 0.220 e. The maximum absolute atomic E-state index is 10.7. The second kappa shape index (κ2) is 4.52. The summed E-state index contributed by atoms with van der Waals surface area (Å²) in [6, 6.07) is 0.177. The van der Waals surface area contributed by atoms with Crippen LogP contribution < -0.4 is 11.1 Å². The van der Waals surface area contributed by atoms with Gasteiger partial charge in [-0.05, 0) is 12.8 Å². The fourth-order valence-corrected chi connectivity index (χ4v) is 0.960. The molecule has 0 saturated carbocycles. The molecule has 0 radical (unpaired) electrons. The van der Waals surface area contributed by atoms with Crippen molar-refractivity contribution in [2.45, 2.75) is 25.3 Å². The number of carbonyl (C=O) groups is 1. The molecular formula is C6H13ClN2O. The molecule has 0 aromatic carbocycles. The zero-order valence-corrected chi connectivity index (χ0v) is 6.62. The van der Waals surface area contributed by atoms with Crippen molar-refractivity contribution in [1.29, 1.82) is 0 Å². The van der Waals surface area contributed by atoms with Crippen LogP contribution in [0.25, 0.3) is 0 Å². The molecule has 1 aliphatic heterocycles. The van der Waals surface area contributed by atoms with Crippen LogP contribution in [0.1, 0.15) is 19.3 Å². The third-order valence-electron chi connectivity index (χ3n) is 1.54. The van der Waals surface area contributed by atoms with Crippen LogP contribution in [0.3, 0.4) is 0 Å². The molecule has 1 rings (SSSR count). The number of nitrogens with two attached hydrogens (primary N) is 1. The molecule has 1 aliphatic rings. The van der Waals surface area contributed by atoms with E-state index in [0.717, 1.165) is 12.8 Å². The first kappa shape index (κ1) is 9.72. The van der Waals surface area contributed by atoms with E-state index >= 15 is 0 Å². The quantitative estimate of drug-likeness (QED) is 0.531. The van der Waals surface area contributed by atoms with Crippen LogP contribution in [-0.4, -0.2) is 18.5 Å². The fourth-order valence-electron chi connectivity index (χ4n) is 0.960. The van der Waals surface area contributed by atoms with Crippen molar-refractivity contribution < 1.29 is 4.79 Å². The molecular weight excluding hydrogens is 152 g/mol. The Morgan fingerprint density at radius 2 is 2.30 bits per heavy atom. The predicted octanol–water partition coefficient (Wildman–Crippen LogP) is 0.0356. The molecule has 1 atom stereocenters. The number of amides is 1.